The van der Waals surface area contributed by atoms with Gasteiger partial charge >= 0.3 is 12.3 Å². The molecule has 0 radical (unpaired) electrons. The maximum absolute atomic E-state index is 14.7. The SMILES string of the molecule is Cc1nc([C@@H]2OC3COC(c4ccccc4)O[C@@H]3C(NNC(=O)OC(C)(C)C)C2O)n(-c2cc(Cl)cc(F)c2C(F)(F)F)n1. The first-order chi connectivity index (χ1) is 20.6. The Hall–Kier alpha value is -3.34. The Balaban J connectivity index is 1.52. The Morgan fingerprint density at radius 1 is 1.16 bits per heavy atom. The molecular weight excluding hydrogens is 614 g/mol. The predicted molar refractivity (Wildman–Crippen MR) is 146 cm³/mol. The van der Waals surface area contributed by atoms with Gasteiger partial charge in [-0.1, -0.05) is 41.9 Å². The standard InChI is InChI=1S/C28H30ClF4N5O6/c1-13-34-24(38(37-13)17-11-15(29)10-16(30)19(17)28(31,32)33)23-21(39)20(35-36-26(40)44-27(2,3)4)22-18(42-23)12-41-25(43-22)14-8-6-5-7-9-14/h5-11,18,20-23,25,35,39H,12H2,1-4H3,(H,36,40)/t18?,20?,21?,22-,23+,25?/m0/s1. The zero-order valence-electron chi connectivity index (χ0n) is 23.9. The average molecular weight is 644 g/mol. The lowest BCUT2D eigenvalue weighted by atomic mass is 9.91. The molecular formula is C28H30ClF4N5O6. The number of halogens is 5. The van der Waals surface area contributed by atoms with Crippen molar-refractivity contribution in [2.24, 2.45) is 0 Å². The Morgan fingerprint density at radius 3 is 2.52 bits per heavy atom. The molecule has 1 aromatic heterocycles. The summed E-state index contributed by atoms with van der Waals surface area (Å²) < 4.78 is 80.9. The van der Waals surface area contributed by atoms with Crippen LogP contribution in [0.15, 0.2) is 42.5 Å². The number of benzene rings is 2. The molecule has 2 fully saturated rings. The number of aryl methyl sites for hydroxylation is 1. The van der Waals surface area contributed by atoms with E-state index in [1.54, 1.807) is 45.0 Å². The van der Waals surface area contributed by atoms with E-state index >= 15 is 0 Å². The molecule has 44 heavy (non-hydrogen) atoms. The summed E-state index contributed by atoms with van der Waals surface area (Å²) in [5, 5.41) is 15.4. The zero-order chi connectivity index (χ0) is 32.0. The van der Waals surface area contributed by atoms with E-state index in [0.29, 0.717) is 11.6 Å². The van der Waals surface area contributed by atoms with E-state index in [9.17, 15) is 27.5 Å². The molecule has 5 rings (SSSR count). The van der Waals surface area contributed by atoms with Crippen LogP contribution in [0.5, 0.6) is 0 Å². The van der Waals surface area contributed by atoms with E-state index < -0.39 is 71.7 Å². The van der Waals surface area contributed by atoms with E-state index in [4.69, 9.17) is 30.5 Å². The summed E-state index contributed by atoms with van der Waals surface area (Å²) in [6, 6.07) is 9.25. The number of aliphatic hydroxyl groups is 1. The van der Waals surface area contributed by atoms with Crippen LogP contribution in [-0.2, 0) is 25.1 Å². The fourth-order valence-electron chi connectivity index (χ4n) is 5.04. The van der Waals surface area contributed by atoms with E-state index in [1.807, 2.05) is 6.07 Å². The number of aliphatic hydroxyl groups excluding tert-OH is 1. The van der Waals surface area contributed by atoms with Crippen LogP contribution in [-0.4, -0.2) is 62.5 Å². The quantitative estimate of drug-likeness (QED) is 0.268. The van der Waals surface area contributed by atoms with Gasteiger partial charge in [-0.2, -0.15) is 18.3 Å². The molecule has 3 heterocycles. The number of carbonyl (C=O) groups excluding carboxylic acids is 1. The maximum atomic E-state index is 14.7. The van der Waals surface area contributed by atoms with Gasteiger partial charge in [-0.05, 0) is 39.8 Å². The number of carbonyl (C=O) groups is 1. The molecule has 4 unspecified atom stereocenters. The summed E-state index contributed by atoms with van der Waals surface area (Å²) in [7, 11) is 0. The molecule has 2 aliphatic rings. The maximum Gasteiger partial charge on any atom is 0.422 e. The Morgan fingerprint density at radius 2 is 1.86 bits per heavy atom. The lowest BCUT2D eigenvalue weighted by Gasteiger charge is -2.48. The van der Waals surface area contributed by atoms with Crippen molar-refractivity contribution in [1.29, 1.82) is 0 Å². The van der Waals surface area contributed by atoms with Crippen molar-refractivity contribution in [3.8, 4) is 5.69 Å². The number of hydrogen-bond donors (Lipinski definition) is 3. The highest BCUT2D eigenvalue weighted by atomic mass is 35.5. The van der Waals surface area contributed by atoms with Gasteiger partial charge in [0.2, 0.25) is 0 Å². The van der Waals surface area contributed by atoms with Crippen LogP contribution in [0.1, 0.15) is 55.9 Å². The van der Waals surface area contributed by atoms with Crippen LogP contribution < -0.4 is 10.9 Å². The van der Waals surface area contributed by atoms with Crippen molar-refractivity contribution in [3.63, 3.8) is 0 Å². The van der Waals surface area contributed by atoms with Gasteiger partial charge in [0, 0.05) is 10.6 Å². The van der Waals surface area contributed by atoms with Gasteiger partial charge in [-0.3, -0.25) is 5.43 Å². The third-order valence-electron chi connectivity index (χ3n) is 6.76. The summed E-state index contributed by atoms with van der Waals surface area (Å²) in [6.45, 7) is 6.33. The number of hydrogen-bond acceptors (Lipinski definition) is 9. The number of rotatable bonds is 5. The highest BCUT2D eigenvalue weighted by Gasteiger charge is 2.52. The van der Waals surface area contributed by atoms with Crippen molar-refractivity contribution >= 4 is 17.7 Å². The Kier molecular flexibility index (Phi) is 8.90. The lowest BCUT2D eigenvalue weighted by Crippen LogP contribution is -2.66. The summed E-state index contributed by atoms with van der Waals surface area (Å²) in [5.74, 6) is -1.90. The summed E-state index contributed by atoms with van der Waals surface area (Å²) in [4.78, 5) is 16.7. The fourth-order valence-corrected chi connectivity index (χ4v) is 5.24. The van der Waals surface area contributed by atoms with Crippen LogP contribution in [0.25, 0.3) is 5.69 Å². The van der Waals surface area contributed by atoms with Crippen molar-refractivity contribution in [3.05, 3.63) is 76.1 Å². The van der Waals surface area contributed by atoms with Crippen molar-refractivity contribution in [2.45, 2.75) is 76.2 Å². The highest BCUT2D eigenvalue weighted by molar-refractivity contribution is 6.30. The summed E-state index contributed by atoms with van der Waals surface area (Å²) in [5.41, 5.74) is 2.57. The van der Waals surface area contributed by atoms with Crippen molar-refractivity contribution in [1.82, 2.24) is 25.6 Å². The van der Waals surface area contributed by atoms with E-state index in [2.05, 4.69) is 20.9 Å². The van der Waals surface area contributed by atoms with Gasteiger partial charge in [-0.25, -0.2) is 24.3 Å². The van der Waals surface area contributed by atoms with E-state index in [0.717, 1.165) is 10.7 Å². The summed E-state index contributed by atoms with van der Waals surface area (Å²) in [6.07, 6.45) is -11.8. The van der Waals surface area contributed by atoms with Crippen LogP contribution in [0, 0.1) is 12.7 Å². The topological polar surface area (TPSA) is 129 Å². The molecule has 0 bridgehead atoms. The van der Waals surface area contributed by atoms with E-state index in [1.165, 1.54) is 6.92 Å². The smallest absolute Gasteiger partial charge is 0.422 e. The zero-order valence-corrected chi connectivity index (χ0v) is 24.7. The molecule has 3 N–H and O–H groups in total. The molecule has 2 saturated heterocycles. The normalized spacial score (nSPS) is 25.8. The largest absolute Gasteiger partial charge is 0.443 e. The molecule has 2 aliphatic heterocycles. The molecule has 3 aromatic rings. The Labute approximate surface area is 254 Å². The minimum Gasteiger partial charge on any atom is -0.443 e. The third-order valence-corrected chi connectivity index (χ3v) is 6.98. The molecule has 0 saturated carbocycles. The molecule has 11 nitrogen and oxygen atoms in total. The second-order valence-electron chi connectivity index (χ2n) is 11.3. The van der Waals surface area contributed by atoms with Gasteiger partial charge in [0.15, 0.2) is 12.1 Å². The van der Waals surface area contributed by atoms with Crippen LogP contribution >= 0.6 is 11.6 Å². The number of nitrogens with one attached hydrogen (secondary N) is 2. The molecule has 0 spiro atoms. The van der Waals surface area contributed by atoms with Crippen molar-refractivity contribution in [2.75, 3.05) is 6.61 Å². The minimum absolute atomic E-state index is 0.00288. The number of fused-ring (bicyclic) bond motifs is 1. The monoisotopic (exact) mass is 643 g/mol. The number of amides is 1. The second kappa shape index (κ2) is 12.2. The van der Waals surface area contributed by atoms with Gasteiger partial charge in [0.1, 0.15) is 47.2 Å². The molecule has 238 valence electrons. The third kappa shape index (κ3) is 6.82. The number of nitrogens with zero attached hydrogens (tertiary/aromatic N) is 3. The van der Waals surface area contributed by atoms with Gasteiger partial charge in [0.25, 0.3) is 0 Å². The molecule has 2 aromatic carbocycles. The number of aromatic nitrogens is 3. The first-order valence-electron chi connectivity index (χ1n) is 13.5. The van der Waals surface area contributed by atoms with Crippen LogP contribution in [0.2, 0.25) is 5.02 Å². The van der Waals surface area contributed by atoms with Crippen molar-refractivity contribution < 1.29 is 46.4 Å². The van der Waals surface area contributed by atoms with Gasteiger partial charge in [0.05, 0.1) is 18.3 Å². The van der Waals surface area contributed by atoms with E-state index in [-0.39, 0.29) is 23.3 Å². The summed E-state index contributed by atoms with van der Waals surface area (Å²) >= 11 is 5.95. The number of hydrazine groups is 1. The fraction of sp³-hybridized carbons (Fsp3) is 0.464. The lowest BCUT2D eigenvalue weighted by molar-refractivity contribution is -0.313. The Bertz CT molecular complexity index is 1500. The van der Waals surface area contributed by atoms with Crippen LogP contribution in [0.4, 0.5) is 22.4 Å². The first kappa shape index (κ1) is 32.1. The first-order valence-corrected chi connectivity index (χ1v) is 13.9. The molecule has 16 heteroatoms. The van der Waals surface area contributed by atoms with Gasteiger partial charge in [-0.15, -0.1) is 0 Å². The molecule has 0 aliphatic carbocycles. The van der Waals surface area contributed by atoms with Crippen LogP contribution in [0.3, 0.4) is 0 Å². The minimum atomic E-state index is -5.13. The predicted octanol–water partition coefficient (Wildman–Crippen LogP) is 4.70. The van der Waals surface area contributed by atoms with Gasteiger partial charge < -0.3 is 24.1 Å². The highest BCUT2D eigenvalue weighted by Crippen LogP contribution is 2.41. The molecule has 6 atom stereocenters. The number of alkyl halides is 3. The molecule has 1 amide bonds. The average Bonchev–Trinajstić information content (AvgIpc) is 3.31. The second-order valence-corrected chi connectivity index (χ2v) is 11.7. The number of ether oxygens (including phenoxy) is 4.